The van der Waals surface area contributed by atoms with Gasteiger partial charge in [-0.3, -0.25) is 14.7 Å². The molecule has 0 radical (unpaired) electrons. The van der Waals surface area contributed by atoms with Crippen LogP contribution in [0.15, 0.2) is 47.1 Å². The number of β-amino-alcohol motifs (C(OH)–C–C–N with tert-alkyl or cyclic N) is 1. The van der Waals surface area contributed by atoms with Gasteiger partial charge in [0.2, 0.25) is 0 Å². The smallest absolute Gasteiger partial charge is 0.273 e. The Kier molecular flexibility index (Phi) is 4.87. The van der Waals surface area contributed by atoms with Crippen molar-refractivity contribution in [2.24, 2.45) is 0 Å². The molecule has 2 aromatic heterocycles. The number of benzene rings is 1. The van der Waals surface area contributed by atoms with Gasteiger partial charge in [-0.25, -0.2) is 0 Å². The lowest BCUT2D eigenvalue weighted by atomic mass is 10.00. The average molecular weight is 366 g/mol. The maximum absolute atomic E-state index is 12.2. The third-order valence-electron chi connectivity index (χ3n) is 4.98. The largest absolute Gasteiger partial charge is 0.390 e. The molecule has 140 valence electrons. The first-order valence-corrected chi connectivity index (χ1v) is 9.07. The Balaban J connectivity index is 1.39. The van der Waals surface area contributed by atoms with E-state index in [1.165, 1.54) is 5.56 Å². The fraction of sp³-hybridized carbons (Fsp3) is 0.350. The van der Waals surface area contributed by atoms with Crippen molar-refractivity contribution in [2.75, 3.05) is 13.1 Å². The highest BCUT2D eigenvalue weighted by molar-refractivity contribution is 5.92. The van der Waals surface area contributed by atoms with E-state index >= 15 is 0 Å². The molecule has 1 amide bonds. The van der Waals surface area contributed by atoms with E-state index in [0.717, 1.165) is 24.0 Å². The van der Waals surface area contributed by atoms with Crippen LogP contribution in [0.3, 0.4) is 0 Å². The number of fused-ring (bicyclic) bond motifs is 1. The number of hydrogen-bond acceptors (Lipinski definition) is 6. The molecular formula is C20H22N4O3. The van der Waals surface area contributed by atoms with Gasteiger partial charge in [-0.1, -0.05) is 23.4 Å². The van der Waals surface area contributed by atoms with Gasteiger partial charge in [-0.05, 0) is 31.0 Å². The second kappa shape index (κ2) is 7.46. The lowest BCUT2D eigenvalue weighted by Gasteiger charge is -2.36. The summed E-state index contributed by atoms with van der Waals surface area (Å²) in [6, 6.07) is 11.4. The summed E-state index contributed by atoms with van der Waals surface area (Å²) < 4.78 is 4.93. The summed E-state index contributed by atoms with van der Waals surface area (Å²) in [6.07, 6.45) is 1.86. The summed E-state index contributed by atoms with van der Waals surface area (Å²) >= 11 is 0. The Morgan fingerprint density at radius 3 is 3.00 bits per heavy atom. The predicted molar refractivity (Wildman–Crippen MR) is 100 cm³/mol. The number of rotatable bonds is 4. The Bertz CT molecular complexity index is 950. The molecule has 0 unspecified atom stereocenters. The molecule has 1 aliphatic heterocycles. The zero-order chi connectivity index (χ0) is 18.8. The predicted octanol–water partition coefficient (Wildman–Crippen LogP) is 1.90. The van der Waals surface area contributed by atoms with Crippen molar-refractivity contribution in [3.63, 3.8) is 0 Å². The number of aryl methyl sites for hydroxylation is 1. The van der Waals surface area contributed by atoms with Crippen LogP contribution in [-0.4, -0.2) is 51.3 Å². The van der Waals surface area contributed by atoms with E-state index < -0.39 is 6.10 Å². The molecule has 0 spiro atoms. The van der Waals surface area contributed by atoms with Gasteiger partial charge in [0.1, 0.15) is 5.76 Å². The number of likely N-dealkylation sites (tertiary alicyclic amines) is 1. The van der Waals surface area contributed by atoms with Crippen molar-refractivity contribution in [3.05, 3.63) is 59.6 Å². The Morgan fingerprint density at radius 1 is 1.37 bits per heavy atom. The summed E-state index contributed by atoms with van der Waals surface area (Å²) in [4.78, 5) is 18.8. The molecule has 1 fully saturated rings. The van der Waals surface area contributed by atoms with Gasteiger partial charge < -0.3 is 14.9 Å². The number of para-hydroxylation sites is 1. The van der Waals surface area contributed by atoms with Crippen LogP contribution in [0.25, 0.3) is 10.9 Å². The van der Waals surface area contributed by atoms with E-state index in [4.69, 9.17) is 4.52 Å². The van der Waals surface area contributed by atoms with E-state index in [2.05, 4.69) is 26.4 Å². The number of aliphatic hydroxyl groups excluding tert-OH is 1. The van der Waals surface area contributed by atoms with E-state index in [0.29, 0.717) is 18.7 Å². The highest BCUT2D eigenvalue weighted by Crippen LogP contribution is 2.20. The minimum absolute atomic E-state index is 0.241. The first kappa shape index (κ1) is 17.6. The van der Waals surface area contributed by atoms with Gasteiger partial charge in [-0.15, -0.1) is 0 Å². The van der Waals surface area contributed by atoms with E-state index in [1.807, 2.05) is 30.5 Å². The van der Waals surface area contributed by atoms with Crippen molar-refractivity contribution in [1.82, 2.24) is 20.4 Å². The number of nitrogens with one attached hydrogen (secondary N) is 1. The van der Waals surface area contributed by atoms with Crippen LogP contribution in [0.1, 0.15) is 28.2 Å². The van der Waals surface area contributed by atoms with Crippen molar-refractivity contribution < 1.29 is 14.4 Å². The number of hydrogen-bond donors (Lipinski definition) is 2. The van der Waals surface area contributed by atoms with Crippen LogP contribution >= 0.6 is 0 Å². The molecule has 7 nitrogen and oxygen atoms in total. The van der Waals surface area contributed by atoms with Gasteiger partial charge in [0, 0.05) is 37.3 Å². The van der Waals surface area contributed by atoms with Gasteiger partial charge in [0.25, 0.3) is 5.91 Å². The number of piperidine rings is 1. The monoisotopic (exact) mass is 366 g/mol. The molecule has 0 bridgehead atoms. The normalized spacial score (nSPS) is 20.7. The van der Waals surface area contributed by atoms with Gasteiger partial charge >= 0.3 is 0 Å². The number of nitrogens with zero attached hydrogens (tertiary/aromatic N) is 3. The quantitative estimate of drug-likeness (QED) is 0.733. The topological polar surface area (TPSA) is 91.5 Å². The number of carbonyl (C=O) groups is 1. The fourth-order valence-electron chi connectivity index (χ4n) is 3.56. The van der Waals surface area contributed by atoms with Crippen LogP contribution in [0, 0.1) is 6.92 Å². The lowest BCUT2D eigenvalue weighted by molar-refractivity contribution is 0.0349. The van der Waals surface area contributed by atoms with Gasteiger partial charge in [-0.2, -0.15) is 0 Å². The SMILES string of the molecule is Cc1cc(C(=O)N[C@H]2CCN(Cc3ccnc4ccccc34)C[C@@H]2O)no1. The second-order valence-corrected chi connectivity index (χ2v) is 6.98. The van der Waals surface area contributed by atoms with Crippen LogP contribution in [0.5, 0.6) is 0 Å². The molecule has 2 N–H and O–H groups in total. The van der Waals surface area contributed by atoms with Crippen molar-refractivity contribution in [2.45, 2.75) is 32.0 Å². The summed E-state index contributed by atoms with van der Waals surface area (Å²) in [7, 11) is 0. The lowest BCUT2D eigenvalue weighted by Crippen LogP contribution is -2.53. The Hall–Kier alpha value is -2.77. The Labute approximate surface area is 157 Å². The maximum atomic E-state index is 12.2. The molecule has 1 saturated heterocycles. The minimum atomic E-state index is -0.635. The van der Waals surface area contributed by atoms with Crippen LogP contribution in [-0.2, 0) is 6.54 Å². The standard InChI is InChI=1S/C20H22N4O3/c1-13-10-18(23-27-13)20(26)22-17-7-9-24(12-19(17)25)11-14-6-8-21-16-5-3-2-4-15(14)16/h2-6,8,10,17,19,25H,7,9,11-12H2,1H3,(H,22,26)/t17-,19-/m0/s1. The fourth-order valence-corrected chi connectivity index (χ4v) is 3.56. The van der Waals surface area contributed by atoms with Crippen LogP contribution < -0.4 is 5.32 Å². The molecule has 1 aliphatic rings. The summed E-state index contributed by atoms with van der Waals surface area (Å²) in [5.74, 6) is 0.268. The first-order chi connectivity index (χ1) is 13.1. The van der Waals surface area contributed by atoms with E-state index in [9.17, 15) is 9.90 Å². The van der Waals surface area contributed by atoms with Gasteiger partial charge in [0.15, 0.2) is 5.69 Å². The Morgan fingerprint density at radius 2 is 2.22 bits per heavy atom. The van der Waals surface area contributed by atoms with Crippen LogP contribution in [0.2, 0.25) is 0 Å². The number of pyridine rings is 1. The molecule has 3 aromatic rings. The third-order valence-corrected chi connectivity index (χ3v) is 4.98. The van der Waals surface area contributed by atoms with Crippen molar-refractivity contribution >= 4 is 16.8 Å². The minimum Gasteiger partial charge on any atom is -0.390 e. The molecular weight excluding hydrogens is 344 g/mol. The molecule has 0 aliphatic carbocycles. The summed E-state index contributed by atoms with van der Waals surface area (Å²) in [5.41, 5.74) is 2.40. The molecule has 2 atom stereocenters. The highest BCUT2D eigenvalue weighted by atomic mass is 16.5. The zero-order valence-electron chi connectivity index (χ0n) is 15.1. The molecule has 27 heavy (non-hydrogen) atoms. The first-order valence-electron chi connectivity index (χ1n) is 9.07. The van der Waals surface area contributed by atoms with E-state index in [-0.39, 0.29) is 17.6 Å². The highest BCUT2D eigenvalue weighted by Gasteiger charge is 2.29. The number of aliphatic hydroxyl groups is 1. The van der Waals surface area contributed by atoms with Crippen molar-refractivity contribution in [3.8, 4) is 0 Å². The second-order valence-electron chi connectivity index (χ2n) is 6.98. The molecule has 0 saturated carbocycles. The third kappa shape index (κ3) is 3.84. The number of carbonyl (C=O) groups excluding carboxylic acids is 1. The summed E-state index contributed by atoms with van der Waals surface area (Å²) in [6.45, 7) is 3.76. The molecule has 1 aromatic carbocycles. The van der Waals surface area contributed by atoms with E-state index in [1.54, 1.807) is 13.0 Å². The molecule has 3 heterocycles. The number of amides is 1. The number of aromatic nitrogens is 2. The average Bonchev–Trinajstić information content (AvgIpc) is 3.11. The van der Waals surface area contributed by atoms with Gasteiger partial charge in [0.05, 0.1) is 17.7 Å². The maximum Gasteiger partial charge on any atom is 0.273 e. The molecule has 7 heteroatoms. The summed E-state index contributed by atoms with van der Waals surface area (Å²) in [5, 5.41) is 18.2. The zero-order valence-corrected chi connectivity index (χ0v) is 15.1. The van der Waals surface area contributed by atoms with Crippen LogP contribution in [0.4, 0.5) is 0 Å². The van der Waals surface area contributed by atoms with Crippen molar-refractivity contribution in [1.29, 1.82) is 0 Å². The molecule has 4 rings (SSSR count).